The lowest BCUT2D eigenvalue weighted by Crippen LogP contribution is -2.18. The molecule has 0 aliphatic heterocycles. The lowest BCUT2D eigenvalue weighted by Gasteiger charge is -2.17. The van der Waals surface area contributed by atoms with Gasteiger partial charge in [-0.3, -0.25) is 0 Å². The Bertz CT molecular complexity index is 474. The Balaban J connectivity index is 2.01. The van der Waals surface area contributed by atoms with Crippen molar-refractivity contribution in [2.24, 2.45) is 0 Å². The second-order valence-electron chi connectivity index (χ2n) is 4.99. The summed E-state index contributed by atoms with van der Waals surface area (Å²) in [5.41, 5.74) is 0.911. The first-order valence-corrected chi connectivity index (χ1v) is 8.37. The van der Waals surface area contributed by atoms with E-state index in [0.29, 0.717) is 6.04 Å². The van der Waals surface area contributed by atoms with Gasteiger partial charge in [-0.15, -0.1) is 0 Å². The molecule has 0 spiro atoms. The summed E-state index contributed by atoms with van der Waals surface area (Å²) >= 11 is 0. The molecule has 1 aromatic rings. The Labute approximate surface area is 109 Å². The first-order chi connectivity index (χ1) is 8.55. The van der Waals surface area contributed by atoms with Crippen LogP contribution in [0.3, 0.4) is 0 Å². The van der Waals surface area contributed by atoms with Crippen LogP contribution in [0.4, 0.5) is 5.69 Å². The summed E-state index contributed by atoms with van der Waals surface area (Å²) in [7, 11) is -3.20. The minimum Gasteiger partial charge on any atom is -0.381 e. The molecule has 4 nitrogen and oxygen atoms in total. The number of aromatic nitrogens is 1. The number of nitrogens with one attached hydrogen (secondary N) is 1. The molecule has 0 aromatic carbocycles. The van der Waals surface area contributed by atoms with Crippen LogP contribution in [0, 0.1) is 0 Å². The van der Waals surface area contributed by atoms with Crippen molar-refractivity contribution >= 4 is 15.5 Å². The molecule has 0 radical (unpaired) electrons. The van der Waals surface area contributed by atoms with E-state index < -0.39 is 9.84 Å². The van der Waals surface area contributed by atoms with Gasteiger partial charge in [0.25, 0.3) is 0 Å². The quantitative estimate of drug-likeness (QED) is 0.856. The molecule has 0 atom stereocenters. The number of sulfone groups is 1. The zero-order valence-corrected chi connectivity index (χ0v) is 11.5. The molecule has 0 amide bonds. The summed E-state index contributed by atoms with van der Waals surface area (Å²) in [5.74, 6) is 0. The van der Waals surface area contributed by atoms with Crippen molar-refractivity contribution in [2.45, 2.75) is 49.6 Å². The van der Waals surface area contributed by atoms with E-state index in [-0.39, 0.29) is 5.03 Å². The van der Waals surface area contributed by atoms with E-state index in [1.165, 1.54) is 44.8 Å². The normalized spacial score (nSPS) is 18.3. The van der Waals surface area contributed by atoms with Crippen molar-refractivity contribution in [1.82, 2.24) is 4.98 Å². The van der Waals surface area contributed by atoms with Gasteiger partial charge in [-0.25, -0.2) is 13.4 Å². The fourth-order valence-corrected chi connectivity index (χ4v) is 2.90. The predicted molar refractivity (Wildman–Crippen MR) is 72.5 cm³/mol. The number of rotatable bonds is 3. The molecule has 0 saturated heterocycles. The number of nitrogens with zero attached hydrogens (tertiary/aromatic N) is 1. The van der Waals surface area contributed by atoms with Crippen molar-refractivity contribution in [3.8, 4) is 0 Å². The Morgan fingerprint density at radius 3 is 2.33 bits per heavy atom. The Morgan fingerprint density at radius 1 is 1.17 bits per heavy atom. The van der Waals surface area contributed by atoms with Crippen LogP contribution in [0.5, 0.6) is 0 Å². The monoisotopic (exact) mass is 268 g/mol. The van der Waals surface area contributed by atoms with Gasteiger partial charge in [0.05, 0.1) is 11.9 Å². The topological polar surface area (TPSA) is 59.1 Å². The van der Waals surface area contributed by atoms with Crippen LogP contribution in [0.25, 0.3) is 0 Å². The van der Waals surface area contributed by atoms with Crippen molar-refractivity contribution in [2.75, 3.05) is 11.6 Å². The molecule has 1 heterocycles. The van der Waals surface area contributed by atoms with Crippen LogP contribution in [-0.4, -0.2) is 25.7 Å². The summed E-state index contributed by atoms with van der Waals surface area (Å²) in [6, 6.07) is 3.86. The molecule has 1 N–H and O–H groups in total. The van der Waals surface area contributed by atoms with E-state index in [1.807, 2.05) is 0 Å². The third-order valence-corrected chi connectivity index (χ3v) is 4.34. The number of hydrogen-bond acceptors (Lipinski definition) is 4. The fraction of sp³-hybridized carbons (Fsp3) is 0.615. The van der Waals surface area contributed by atoms with Crippen molar-refractivity contribution in [1.29, 1.82) is 0 Å². The summed E-state index contributed by atoms with van der Waals surface area (Å²) < 4.78 is 22.6. The molecule has 0 bridgehead atoms. The first-order valence-electron chi connectivity index (χ1n) is 6.48. The van der Waals surface area contributed by atoms with Gasteiger partial charge in [-0.2, -0.15) is 0 Å². The Hall–Kier alpha value is -1.10. The van der Waals surface area contributed by atoms with E-state index in [0.717, 1.165) is 5.69 Å². The highest BCUT2D eigenvalue weighted by Gasteiger charge is 2.13. The Kier molecular flexibility index (Phi) is 4.22. The molecule has 1 aliphatic carbocycles. The molecule has 1 aliphatic rings. The number of anilines is 1. The van der Waals surface area contributed by atoms with E-state index in [9.17, 15) is 8.42 Å². The third-order valence-electron chi connectivity index (χ3n) is 3.34. The van der Waals surface area contributed by atoms with E-state index >= 15 is 0 Å². The van der Waals surface area contributed by atoms with Crippen molar-refractivity contribution < 1.29 is 8.42 Å². The maximum absolute atomic E-state index is 11.3. The molecular formula is C13H20N2O2S. The fourth-order valence-electron chi connectivity index (χ4n) is 2.34. The van der Waals surface area contributed by atoms with Crippen LogP contribution in [0.1, 0.15) is 38.5 Å². The minimum atomic E-state index is -3.20. The molecule has 1 saturated carbocycles. The van der Waals surface area contributed by atoms with Gasteiger partial charge in [0.15, 0.2) is 14.9 Å². The van der Waals surface area contributed by atoms with Gasteiger partial charge in [0.2, 0.25) is 0 Å². The molecule has 100 valence electrons. The van der Waals surface area contributed by atoms with E-state index in [2.05, 4.69) is 10.3 Å². The van der Waals surface area contributed by atoms with Crippen LogP contribution in [-0.2, 0) is 9.84 Å². The second kappa shape index (κ2) is 5.69. The molecule has 1 fully saturated rings. The average molecular weight is 268 g/mol. The largest absolute Gasteiger partial charge is 0.381 e. The number of pyridine rings is 1. The molecule has 5 heteroatoms. The average Bonchev–Trinajstić information content (AvgIpc) is 2.57. The predicted octanol–water partition coefficient (Wildman–Crippen LogP) is 2.62. The van der Waals surface area contributed by atoms with Gasteiger partial charge in [0.1, 0.15) is 0 Å². The van der Waals surface area contributed by atoms with Crippen LogP contribution >= 0.6 is 0 Å². The summed E-state index contributed by atoms with van der Waals surface area (Å²) in [4.78, 5) is 3.99. The van der Waals surface area contributed by atoms with Gasteiger partial charge < -0.3 is 5.32 Å². The Morgan fingerprint density at radius 2 is 1.83 bits per heavy atom. The molecule has 1 aromatic heterocycles. The maximum Gasteiger partial charge on any atom is 0.192 e. The van der Waals surface area contributed by atoms with E-state index in [1.54, 1.807) is 18.3 Å². The minimum absolute atomic E-state index is 0.133. The molecule has 0 unspecified atom stereocenters. The lowest BCUT2D eigenvalue weighted by molar-refractivity contribution is 0.598. The lowest BCUT2D eigenvalue weighted by atomic mass is 10.1. The maximum atomic E-state index is 11.3. The molecule has 2 rings (SSSR count). The van der Waals surface area contributed by atoms with Gasteiger partial charge in [-0.05, 0) is 25.0 Å². The standard InChI is InChI=1S/C13H20N2O2S/c1-18(16,17)13-9-8-12(10-14-13)15-11-6-4-2-3-5-7-11/h8-11,15H,2-7H2,1H3. The summed E-state index contributed by atoms with van der Waals surface area (Å²) in [5, 5.41) is 3.58. The second-order valence-corrected chi connectivity index (χ2v) is 6.95. The van der Waals surface area contributed by atoms with Gasteiger partial charge >= 0.3 is 0 Å². The summed E-state index contributed by atoms with van der Waals surface area (Å²) in [6.45, 7) is 0. The smallest absolute Gasteiger partial charge is 0.192 e. The SMILES string of the molecule is CS(=O)(=O)c1ccc(NC2CCCCCC2)cn1. The zero-order valence-electron chi connectivity index (χ0n) is 10.7. The van der Waals surface area contributed by atoms with Gasteiger partial charge in [0, 0.05) is 12.3 Å². The summed E-state index contributed by atoms with van der Waals surface area (Å²) in [6.07, 6.45) is 10.3. The third kappa shape index (κ3) is 3.70. The zero-order chi connectivity index (χ0) is 13.0. The first kappa shape index (κ1) is 13.3. The highest BCUT2D eigenvalue weighted by Crippen LogP contribution is 2.21. The van der Waals surface area contributed by atoms with Crippen molar-refractivity contribution in [3.05, 3.63) is 18.3 Å². The molecule has 18 heavy (non-hydrogen) atoms. The number of hydrogen-bond donors (Lipinski definition) is 1. The highest BCUT2D eigenvalue weighted by molar-refractivity contribution is 7.90. The van der Waals surface area contributed by atoms with Gasteiger partial charge in [-0.1, -0.05) is 25.7 Å². The molecular weight excluding hydrogens is 248 g/mol. The van der Waals surface area contributed by atoms with Crippen LogP contribution < -0.4 is 5.32 Å². The van der Waals surface area contributed by atoms with Crippen LogP contribution in [0.15, 0.2) is 23.4 Å². The highest BCUT2D eigenvalue weighted by atomic mass is 32.2. The van der Waals surface area contributed by atoms with Crippen molar-refractivity contribution in [3.63, 3.8) is 0 Å². The van der Waals surface area contributed by atoms with Crippen LogP contribution in [0.2, 0.25) is 0 Å². The van der Waals surface area contributed by atoms with E-state index in [4.69, 9.17) is 0 Å².